The average Bonchev–Trinajstić information content (AvgIpc) is 2.77. The number of carbonyl (C=O) groups excluding carboxylic acids is 1. The molecule has 0 saturated carbocycles. The molecule has 0 aromatic heterocycles. The Bertz CT molecular complexity index is 1260. The fraction of sp³-hybridized carbons (Fsp3) is 0.208. The highest BCUT2D eigenvalue weighted by Gasteiger charge is 2.23. The van der Waals surface area contributed by atoms with E-state index in [2.05, 4.69) is 21.2 Å². The molecule has 0 unspecified atom stereocenters. The number of anilines is 1. The number of carbonyl (C=O) groups is 1. The van der Waals surface area contributed by atoms with E-state index in [-0.39, 0.29) is 22.7 Å². The second-order valence-electron chi connectivity index (χ2n) is 7.41. The zero-order valence-electron chi connectivity index (χ0n) is 18.4. The Labute approximate surface area is 201 Å². The van der Waals surface area contributed by atoms with Gasteiger partial charge in [-0.15, -0.1) is 0 Å². The minimum atomic E-state index is -3.75. The smallest absolute Gasteiger partial charge is 0.255 e. The second kappa shape index (κ2) is 10.5. The molecule has 1 N–H and O–H groups in total. The predicted octanol–water partition coefficient (Wildman–Crippen LogP) is 5.37. The molecule has 6 nitrogen and oxygen atoms in total. The van der Waals surface area contributed by atoms with E-state index in [1.54, 1.807) is 48.5 Å². The van der Waals surface area contributed by atoms with E-state index in [0.717, 1.165) is 5.56 Å². The molecule has 9 heteroatoms. The molecule has 3 aromatic rings. The van der Waals surface area contributed by atoms with Crippen LogP contribution >= 0.6 is 15.9 Å². The van der Waals surface area contributed by atoms with Crippen LogP contribution in [0.25, 0.3) is 0 Å². The van der Waals surface area contributed by atoms with E-state index < -0.39 is 21.7 Å². The maximum Gasteiger partial charge on any atom is 0.255 e. The lowest BCUT2D eigenvalue weighted by atomic mass is 10.1. The van der Waals surface area contributed by atoms with Crippen LogP contribution in [0.4, 0.5) is 10.1 Å². The maximum absolute atomic E-state index is 14.1. The Kier molecular flexibility index (Phi) is 7.88. The number of benzene rings is 3. The number of hydrogen-bond acceptors (Lipinski definition) is 4. The van der Waals surface area contributed by atoms with Crippen molar-refractivity contribution in [3.05, 3.63) is 87.6 Å². The van der Waals surface area contributed by atoms with Gasteiger partial charge in [0.2, 0.25) is 10.0 Å². The number of sulfonamides is 1. The van der Waals surface area contributed by atoms with Crippen molar-refractivity contribution in [1.29, 1.82) is 0 Å². The Hall–Kier alpha value is -2.75. The number of nitrogens with zero attached hydrogens (tertiary/aromatic N) is 1. The van der Waals surface area contributed by atoms with Crippen LogP contribution in [-0.2, 0) is 16.6 Å². The van der Waals surface area contributed by atoms with E-state index in [1.807, 2.05) is 13.8 Å². The van der Waals surface area contributed by atoms with Crippen LogP contribution in [0, 0.1) is 12.7 Å². The SMILES string of the molecule is CCOc1ccc(C(=O)Nc2ccc(Br)cc2F)cc1CN(C)S(=O)(=O)c1ccc(C)cc1. The zero-order valence-corrected chi connectivity index (χ0v) is 20.8. The van der Waals surface area contributed by atoms with Crippen molar-refractivity contribution >= 4 is 37.5 Å². The summed E-state index contributed by atoms with van der Waals surface area (Å²) in [5.41, 5.74) is 1.75. The van der Waals surface area contributed by atoms with Gasteiger partial charge >= 0.3 is 0 Å². The molecule has 0 spiro atoms. The van der Waals surface area contributed by atoms with Crippen LogP contribution in [-0.4, -0.2) is 32.3 Å². The third kappa shape index (κ3) is 5.98. The van der Waals surface area contributed by atoms with E-state index in [4.69, 9.17) is 4.74 Å². The molecular formula is C24H24BrFN2O4S. The van der Waals surface area contributed by atoms with Crippen molar-refractivity contribution in [3.8, 4) is 5.75 Å². The zero-order chi connectivity index (χ0) is 24.2. The second-order valence-corrected chi connectivity index (χ2v) is 10.4. The van der Waals surface area contributed by atoms with Crippen molar-refractivity contribution in [2.45, 2.75) is 25.3 Å². The minimum Gasteiger partial charge on any atom is -0.494 e. The minimum absolute atomic E-state index is 0.0146. The summed E-state index contributed by atoms with van der Waals surface area (Å²) in [7, 11) is -2.29. The molecule has 0 aliphatic rings. The fourth-order valence-electron chi connectivity index (χ4n) is 3.14. The van der Waals surface area contributed by atoms with Gasteiger partial charge in [0.1, 0.15) is 11.6 Å². The first-order valence-electron chi connectivity index (χ1n) is 10.2. The Morgan fingerprint density at radius 1 is 1.09 bits per heavy atom. The first-order chi connectivity index (χ1) is 15.6. The summed E-state index contributed by atoms with van der Waals surface area (Å²) < 4.78 is 47.5. The summed E-state index contributed by atoms with van der Waals surface area (Å²) in [4.78, 5) is 12.9. The quantitative estimate of drug-likeness (QED) is 0.421. The summed E-state index contributed by atoms with van der Waals surface area (Å²) in [6.07, 6.45) is 0. The van der Waals surface area contributed by atoms with Gasteiger partial charge in [-0.05, 0) is 62.4 Å². The number of rotatable bonds is 8. The molecule has 1 amide bonds. The van der Waals surface area contributed by atoms with E-state index in [9.17, 15) is 17.6 Å². The van der Waals surface area contributed by atoms with Crippen molar-refractivity contribution in [2.75, 3.05) is 19.0 Å². The molecule has 0 atom stereocenters. The Morgan fingerprint density at radius 3 is 2.42 bits per heavy atom. The number of hydrogen-bond donors (Lipinski definition) is 1. The summed E-state index contributed by atoms with van der Waals surface area (Å²) in [5.74, 6) is -0.632. The summed E-state index contributed by atoms with van der Waals surface area (Å²) >= 11 is 3.18. The van der Waals surface area contributed by atoms with Crippen molar-refractivity contribution in [1.82, 2.24) is 4.31 Å². The largest absolute Gasteiger partial charge is 0.494 e. The predicted molar refractivity (Wildman–Crippen MR) is 129 cm³/mol. The topological polar surface area (TPSA) is 75.7 Å². The van der Waals surface area contributed by atoms with Crippen molar-refractivity contribution in [2.24, 2.45) is 0 Å². The van der Waals surface area contributed by atoms with Gasteiger partial charge in [-0.1, -0.05) is 33.6 Å². The first-order valence-corrected chi connectivity index (χ1v) is 12.4. The van der Waals surface area contributed by atoms with Crippen LogP contribution in [0.2, 0.25) is 0 Å². The van der Waals surface area contributed by atoms with E-state index >= 15 is 0 Å². The lowest BCUT2D eigenvalue weighted by molar-refractivity contribution is 0.102. The van der Waals surface area contributed by atoms with Crippen molar-refractivity contribution in [3.63, 3.8) is 0 Å². The molecule has 0 saturated heterocycles. The van der Waals surface area contributed by atoms with Gasteiger partial charge in [-0.3, -0.25) is 4.79 Å². The van der Waals surface area contributed by atoms with E-state index in [1.165, 1.54) is 23.5 Å². The van der Waals surface area contributed by atoms with Crippen LogP contribution in [0.1, 0.15) is 28.4 Å². The summed E-state index contributed by atoms with van der Waals surface area (Å²) in [6.45, 7) is 4.05. The number of ether oxygens (including phenoxy) is 1. The third-order valence-corrected chi connectivity index (χ3v) is 7.23. The first kappa shape index (κ1) is 24.9. The maximum atomic E-state index is 14.1. The molecule has 0 heterocycles. The van der Waals surface area contributed by atoms with Crippen LogP contribution in [0.5, 0.6) is 5.75 Å². The lowest BCUT2D eigenvalue weighted by Gasteiger charge is -2.20. The molecule has 3 aromatic carbocycles. The van der Waals surface area contributed by atoms with Crippen LogP contribution < -0.4 is 10.1 Å². The number of aryl methyl sites for hydroxylation is 1. The molecule has 0 aliphatic heterocycles. The van der Waals surface area contributed by atoms with Gasteiger partial charge in [0.25, 0.3) is 5.91 Å². The van der Waals surface area contributed by atoms with Gasteiger partial charge in [-0.25, -0.2) is 12.8 Å². The highest BCUT2D eigenvalue weighted by molar-refractivity contribution is 9.10. The molecule has 0 aliphatic carbocycles. The lowest BCUT2D eigenvalue weighted by Crippen LogP contribution is -2.27. The van der Waals surface area contributed by atoms with Crippen LogP contribution in [0.15, 0.2) is 70.0 Å². The normalized spacial score (nSPS) is 11.5. The van der Waals surface area contributed by atoms with Gasteiger partial charge in [0.05, 0.1) is 17.2 Å². The highest BCUT2D eigenvalue weighted by Crippen LogP contribution is 2.26. The number of nitrogens with one attached hydrogen (secondary N) is 1. The standard InChI is InChI=1S/C24H24BrFN2O4S/c1-4-32-23-12-7-17(24(29)27-22-11-8-19(25)14-21(22)26)13-18(23)15-28(3)33(30,31)20-9-5-16(2)6-10-20/h5-14H,4,15H2,1-3H3,(H,27,29). The summed E-state index contributed by atoms with van der Waals surface area (Å²) in [5, 5.41) is 2.54. The molecular weight excluding hydrogens is 511 g/mol. The van der Waals surface area contributed by atoms with Gasteiger partial charge in [0, 0.05) is 29.2 Å². The average molecular weight is 535 g/mol. The highest BCUT2D eigenvalue weighted by atomic mass is 79.9. The molecule has 174 valence electrons. The van der Waals surface area contributed by atoms with Crippen LogP contribution in [0.3, 0.4) is 0 Å². The number of amides is 1. The molecule has 0 fully saturated rings. The Morgan fingerprint density at radius 2 is 1.79 bits per heavy atom. The Balaban J connectivity index is 1.88. The molecule has 0 bridgehead atoms. The van der Waals surface area contributed by atoms with Crippen molar-refractivity contribution < 1.29 is 22.3 Å². The molecule has 0 radical (unpaired) electrons. The monoisotopic (exact) mass is 534 g/mol. The van der Waals surface area contributed by atoms with Gasteiger partial charge in [0.15, 0.2) is 0 Å². The van der Waals surface area contributed by atoms with Gasteiger partial charge in [-0.2, -0.15) is 4.31 Å². The summed E-state index contributed by atoms with van der Waals surface area (Å²) in [6, 6.07) is 15.6. The number of halogens is 2. The third-order valence-electron chi connectivity index (χ3n) is 4.92. The van der Waals surface area contributed by atoms with E-state index in [0.29, 0.717) is 22.4 Å². The fourth-order valence-corrected chi connectivity index (χ4v) is 4.62. The molecule has 3 rings (SSSR count). The molecule has 33 heavy (non-hydrogen) atoms. The van der Waals surface area contributed by atoms with Gasteiger partial charge < -0.3 is 10.1 Å².